The Balaban J connectivity index is 1.67. The van der Waals surface area contributed by atoms with Crippen LogP contribution in [-0.4, -0.2) is 18.6 Å². The SMILES string of the molecule is CCC1CC1NCC(N)Cc1ccccc1. The van der Waals surface area contributed by atoms with Gasteiger partial charge in [-0.15, -0.1) is 0 Å². The van der Waals surface area contributed by atoms with Crippen molar-refractivity contribution in [1.82, 2.24) is 5.32 Å². The summed E-state index contributed by atoms with van der Waals surface area (Å²) in [6.45, 7) is 3.20. The molecule has 0 heterocycles. The predicted molar refractivity (Wildman–Crippen MR) is 68.3 cm³/mol. The molecule has 2 nitrogen and oxygen atoms in total. The van der Waals surface area contributed by atoms with Crippen LogP contribution in [0.5, 0.6) is 0 Å². The van der Waals surface area contributed by atoms with Crippen molar-refractivity contribution in [2.24, 2.45) is 11.7 Å². The lowest BCUT2D eigenvalue weighted by molar-refractivity contribution is 0.548. The second-order valence-electron chi connectivity index (χ2n) is 4.87. The van der Waals surface area contributed by atoms with E-state index in [0.717, 1.165) is 24.9 Å². The van der Waals surface area contributed by atoms with E-state index in [4.69, 9.17) is 5.73 Å². The van der Waals surface area contributed by atoms with Gasteiger partial charge in [-0.1, -0.05) is 43.7 Å². The van der Waals surface area contributed by atoms with Gasteiger partial charge in [0.1, 0.15) is 0 Å². The quantitative estimate of drug-likeness (QED) is 0.766. The molecule has 1 fully saturated rings. The molecule has 0 radical (unpaired) electrons. The second-order valence-corrected chi connectivity index (χ2v) is 4.87. The molecule has 3 N–H and O–H groups in total. The molecular formula is C14H22N2. The van der Waals surface area contributed by atoms with Crippen LogP contribution in [0.15, 0.2) is 30.3 Å². The van der Waals surface area contributed by atoms with Gasteiger partial charge >= 0.3 is 0 Å². The zero-order chi connectivity index (χ0) is 11.4. The van der Waals surface area contributed by atoms with Gasteiger partial charge in [0.05, 0.1) is 0 Å². The first-order chi connectivity index (χ1) is 7.79. The Morgan fingerprint density at radius 3 is 2.75 bits per heavy atom. The highest BCUT2D eigenvalue weighted by molar-refractivity contribution is 5.15. The average molecular weight is 218 g/mol. The Labute approximate surface area is 98.2 Å². The van der Waals surface area contributed by atoms with Crippen LogP contribution in [0.3, 0.4) is 0 Å². The summed E-state index contributed by atoms with van der Waals surface area (Å²) >= 11 is 0. The highest BCUT2D eigenvalue weighted by Crippen LogP contribution is 2.32. The van der Waals surface area contributed by atoms with E-state index in [1.165, 1.54) is 18.4 Å². The molecule has 0 spiro atoms. The summed E-state index contributed by atoms with van der Waals surface area (Å²) in [4.78, 5) is 0. The van der Waals surface area contributed by atoms with Crippen LogP contribution in [0.2, 0.25) is 0 Å². The van der Waals surface area contributed by atoms with E-state index in [9.17, 15) is 0 Å². The number of nitrogens with one attached hydrogen (secondary N) is 1. The molecule has 1 aliphatic rings. The van der Waals surface area contributed by atoms with Crippen molar-refractivity contribution in [3.63, 3.8) is 0 Å². The minimum Gasteiger partial charge on any atom is -0.326 e. The normalized spacial score (nSPS) is 25.4. The maximum Gasteiger partial charge on any atom is 0.0206 e. The molecule has 0 amide bonds. The van der Waals surface area contributed by atoms with Crippen molar-refractivity contribution >= 4 is 0 Å². The van der Waals surface area contributed by atoms with Crippen LogP contribution in [0.1, 0.15) is 25.3 Å². The number of hydrogen-bond acceptors (Lipinski definition) is 2. The minimum atomic E-state index is 0.237. The zero-order valence-corrected chi connectivity index (χ0v) is 10.0. The van der Waals surface area contributed by atoms with Gasteiger partial charge in [-0.3, -0.25) is 0 Å². The Hall–Kier alpha value is -0.860. The molecule has 2 heteroatoms. The van der Waals surface area contributed by atoms with Crippen LogP contribution in [-0.2, 0) is 6.42 Å². The lowest BCUT2D eigenvalue weighted by Crippen LogP contribution is -2.37. The van der Waals surface area contributed by atoms with Gasteiger partial charge in [0.15, 0.2) is 0 Å². The topological polar surface area (TPSA) is 38.0 Å². The molecule has 0 saturated heterocycles. The van der Waals surface area contributed by atoms with Crippen molar-refractivity contribution in [3.8, 4) is 0 Å². The molecule has 1 aromatic rings. The highest BCUT2D eigenvalue weighted by atomic mass is 15.0. The van der Waals surface area contributed by atoms with Crippen molar-refractivity contribution in [2.75, 3.05) is 6.54 Å². The molecule has 1 saturated carbocycles. The smallest absolute Gasteiger partial charge is 0.0206 e. The zero-order valence-electron chi connectivity index (χ0n) is 10.0. The molecule has 0 aliphatic heterocycles. The lowest BCUT2D eigenvalue weighted by Gasteiger charge is -2.12. The van der Waals surface area contributed by atoms with E-state index in [1.54, 1.807) is 0 Å². The number of hydrogen-bond donors (Lipinski definition) is 2. The summed E-state index contributed by atoms with van der Waals surface area (Å²) in [7, 11) is 0. The third-order valence-corrected chi connectivity index (χ3v) is 3.43. The molecule has 1 aliphatic carbocycles. The predicted octanol–water partition coefficient (Wildman–Crippen LogP) is 1.94. The van der Waals surface area contributed by atoms with Crippen LogP contribution in [0, 0.1) is 5.92 Å². The first-order valence-corrected chi connectivity index (χ1v) is 6.32. The Morgan fingerprint density at radius 2 is 2.12 bits per heavy atom. The number of rotatable bonds is 6. The third kappa shape index (κ3) is 3.32. The van der Waals surface area contributed by atoms with E-state index < -0.39 is 0 Å². The van der Waals surface area contributed by atoms with E-state index in [0.29, 0.717) is 0 Å². The minimum absolute atomic E-state index is 0.237. The van der Waals surface area contributed by atoms with Crippen LogP contribution >= 0.6 is 0 Å². The maximum absolute atomic E-state index is 6.11. The first kappa shape index (κ1) is 11.6. The van der Waals surface area contributed by atoms with Crippen LogP contribution in [0.4, 0.5) is 0 Å². The van der Waals surface area contributed by atoms with Crippen molar-refractivity contribution in [1.29, 1.82) is 0 Å². The van der Waals surface area contributed by atoms with Gasteiger partial charge in [0.2, 0.25) is 0 Å². The Morgan fingerprint density at radius 1 is 1.38 bits per heavy atom. The van der Waals surface area contributed by atoms with E-state index in [1.807, 2.05) is 6.07 Å². The average Bonchev–Trinajstić information content (AvgIpc) is 3.06. The fourth-order valence-electron chi connectivity index (χ4n) is 2.24. The van der Waals surface area contributed by atoms with E-state index in [2.05, 4.69) is 36.5 Å². The number of benzene rings is 1. The summed E-state index contributed by atoms with van der Waals surface area (Å²) in [6.07, 6.45) is 3.61. The van der Waals surface area contributed by atoms with Gasteiger partial charge in [-0.2, -0.15) is 0 Å². The van der Waals surface area contributed by atoms with Gasteiger partial charge in [-0.25, -0.2) is 0 Å². The first-order valence-electron chi connectivity index (χ1n) is 6.32. The van der Waals surface area contributed by atoms with Gasteiger partial charge in [-0.05, 0) is 24.3 Å². The Kier molecular flexibility index (Phi) is 3.97. The lowest BCUT2D eigenvalue weighted by atomic mass is 10.1. The maximum atomic E-state index is 6.11. The molecule has 3 atom stereocenters. The third-order valence-electron chi connectivity index (χ3n) is 3.43. The largest absolute Gasteiger partial charge is 0.326 e. The molecule has 0 aromatic heterocycles. The fraction of sp³-hybridized carbons (Fsp3) is 0.571. The standard InChI is InChI=1S/C14H22N2/c1-2-12-9-14(12)16-10-13(15)8-11-6-4-3-5-7-11/h3-7,12-14,16H,2,8-10,15H2,1H3. The van der Waals surface area contributed by atoms with Crippen molar-refractivity contribution < 1.29 is 0 Å². The molecule has 1 aromatic carbocycles. The molecular weight excluding hydrogens is 196 g/mol. The molecule has 2 rings (SSSR count). The summed E-state index contributed by atoms with van der Waals surface area (Å²) in [5.41, 5.74) is 7.44. The van der Waals surface area contributed by atoms with E-state index in [-0.39, 0.29) is 6.04 Å². The van der Waals surface area contributed by atoms with Gasteiger partial charge < -0.3 is 11.1 Å². The summed E-state index contributed by atoms with van der Waals surface area (Å²) in [6, 6.07) is 11.5. The second kappa shape index (κ2) is 5.46. The molecule has 0 bridgehead atoms. The van der Waals surface area contributed by atoms with Crippen molar-refractivity contribution in [3.05, 3.63) is 35.9 Å². The molecule has 16 heavy (non-hydrogen) atoms. The van der Waals surface area contributed by atoms with Crippen molar-refractivity contribution in [2.45, 2.75) is 38.3 Å². The molecule has 3 unspecified atom stereocenters. The van der Waals surface area contributed by atoms with Gasteiger partial charge in [0, 0.05) is 18.6 Å². The highest BCUT2D eigenvalue weighted by Gasteiger charge is 2.34. The monoisotopic (exact) mass is 218 g/mol. The summed E-state index contributed by atoms with van der Waals surface area (Å²) in [5, 5.41) is 3.55. The fourth-order valence-corrected chi connectivity index (χ4v) is 2.24. The summed E-state index contributed by atoms with van der Waals surface area (Å²) < 4.78 is 0. The van der Waals surface area contributed by atoms with Crippen LogP contribution < -0.4 is 11.1 Å². The summed E-state index contributed by atoms with van der Waals surface area (Å²) in [5.74, 6) is 0.906. The molecule has 88 valence electrons. The Bertz CT molecular complexity index is 310. The number of nitrogens with two attached hydrogens (primary N) is 1. The van der Waals surface area contributed by atoms with Crippen LogP contribution in [0.25, 0.3) is 0 Å². The van der Waals surface area contributed by atoms with E-state index >= 15 is 0 Å². The van der Waals surface area contributed by atoms with Gasteiger partial charge in [0.25, 0.3) is 0 Å².